The van der Waals surface area contributed by atoms with E-state index in [1.54, 1.807) is 0 Å². The summed E-state index contributed by atoms with van der Waals surface area (Å²) in [5, 5.41) is 14.8. The van der Waals surface area contributed by atoms with Gasteiger partial charge in [-0.3, -0.25) is 9.78 Å². The zero-order valence-corrected chi connectivity index (χ0v) is 21.8. The monoisotopic (exact) mass is 599 g/mol. The highest BCUT2D eigenvalue weighted by Crippen LogP contribution is 2.36. The topological polar surface area (TPSA) is 74.2 Å². The van der Waals surface area contributed by atoms with Crippen molar-refractivity contribution in [3.8, 4) is 0 Å². The van der Waals surface area contributed by atoms with Gasteiger partial charge >= 0.3 is 24.5 Å². The van der Waals surface area contributed by atoms with Gasteiger partial charge in [0.2, 0.25) is 0 Å². The molecule has 1 saturated carbocycles. The molecule has 0 spiro atoms. The van der Waals surface area contributed by atoms with Gasteiger partial charge in [-0.2, -0.15) is 39.5 Å². The van der Waals surface area contributed by atoms with Crippen LogP contribution >= 0.6 is 0 Å². The number of halogens is 9. The highest BCUT2D eigenvalue weighted by molar-refractivity contribution is 5.67. The van der Waals surface area contributed by atoms with E-state index in [0.717, 1.165) is 31.7 Å². The van der Waals surface area contributed by atoms with E-state index in [2.05, 4.69) is 15.6 Å². The Kier molecular flexibility index (Phi) is 10.7. The van der Waals surface area contributed by atoms with Gasteiger partial charge in [0.1, 0.15) is 0 Å². The Hall–Kier alpha value is -2.87. The SMILES string of the molecule is O=C(O)CC1CCC(CNCCc2ncc(C(F)(F)F)cc2CNCc2cc(C(F)(F)F)cc(C(F)(F)F)c2)CC1. The van der Waals surface area contributed by atoms with Crippen LogP contribution in [0.3, 0.4) is 0 Å². The second kappa shape index (κ2) is 13.4. The Morgan fingerprint density at radius 1 is 0.780 bits per heavy atom. The van der Waals surface area contributed by atoms with E-state index in [0.29, 0.717) is 43.0 Å². The quantitative estimate of drug-likeness (QED) is 0.195. The molecule has 1 heterocycles. The van der Waals surface area contributed by atoms with Crippen molar-refractivity contribution in [3.63, 3.8) is 0 Å². The van der Waals surface area contributed by atoms with Crippen LogP contribution in [0.15, 0.2) is 30.5 Å². The molecule has 2 aromatic rings. The molecule has 0 radical (unpaired) electrons. The maximum atomic E-state index is 13.3. The number of benzene rings is 1. The molecule has 0 amide bonds. The third-order valence-corrected chi connectivity index (χ3v) is 7.08. The fourth-order valence-electron chi connectivity index (χ4n) is 4.93. The fraction of sp³-hybridized carbons (Fsp3) is 0.556. The van der Waals surface area contributed by atoms with Crippen LogP contribution in [0.2, 0.25) is 0 Å². The number of hydrogen-bond acceptors (Lipinski definition) is 4. The van der Waals surface area contributed by atoms with Gasteiger partial charge in [-0.15, -0.1) is 0 Å². The number of carboxylic acids is 1. The van der Waals surface area contributed by atoms with Crippen LogP contribution in [0.25, 0.3) is 0 Å². The molecule has 41 heavy (non-hydrogen) atoms. The highest BCUT2D eigenvalue weighted by atomic mass is 19.4. The lowest BCUT2D eigenvalue weighted by atomic mass is 9.80. The Morgan fingerprint density at radius 2 is 1.34 bits per heavy atom. The molecule has 0 bridgehead atoms. The molecule has 0 saturated heterocycles. The van der Waals surface area contributed by atoms with Crippen LogP contribution in [-0.2, 0) is 42.8 Å². The van der Waals surface area contributed by atoms with Crippen molar-refractivity contribution in [1.29, 1.82) is 0 Å². The summed E-state index contributed by atoms with van der Waals surface area (Å²) in [4.78, 5) is 14.8. The van der Waals surface area contributed by atoms with E-state index in [4.69, 9.17) is 5.11 Å². The van der Waals surface area contributed by atoms with Gasteiger partial charge in [-0.25, -0.2) is 0 Å². The predicted octanol–water partition coefficient (Wildman–Crippen LogP) is 6.84. The Balaban J connectivity index is 1.63. The molecule has 1 aromatic heterocycles. The van der Waals surface area contributed by atoms with E-state index in [1.807, 2.05) is 0 Å². The number of carboxylic acid groups (broad SMARTS) is 1. The standard InChI is InChI=1S/C27H30F9N3O2/c28-25(29,30)20-7-18(8-21(11-20)26(31,32)33)13-38-14-19-10-22(27(34,35)36)15-39-23(19)5-6-37-12-17-3-1-16(2-4-17)9-24(40)41/h7-8,10-11,15-17,37-38H,1-6,9,12-14H2,(H,40,41). The molecule has 0 aliphatic heterocycles. The van der Waals surface area contributed by atoms with Crippen molar-refractivity contribution in [2.45, 2.75) is 70.1 Å². The van der Waals surface area contributed by atoms with Crippen molar-refractivity contribution in [2.75, 3.05) is 13.1 Å². The molecular weight excluding hydrogens is 569 g/mol. The van der Waals surface area contributed by atoms with Crippen LogP contribution in [-0.4, -0.2) is 29.1 Å². The van der Waals surface area contributed by atoms with E-state index < -0.39 is 47.7 Å². The van der Waals surface area contributed by atoms with Gasteiger partial charge in [0, 0.05) is 44.4 Å². The summed E-state index contributed by atoms with van der Waals surface area (Å²) in [6.45, 7) is 0.303. The maximum absolute atomic E-state index is 13.3. The van der Waals surface area contributed by atoms with Crippen molar-refractivity contribution in [3.05, 3.63) is 64.0 Å². The molecule has 228 valence electrons. The molecule has 3 N–H and O–H groups in total. The highest BCUT2D eigenvalue weighted by Gasteiger charge is 2.37. The first kappa shape index (κ1) is 32.6. The zero-order valence-electron chi connectivity index (χ0n) is 21.8. The van der Waals surface area contributed by atoms with Gasteiger partial charge < -0.3 is 15.7 Å². The molecule has 1 fully saturated rings. The van der Waals surface area contributed by atoms with Crippen LogP contribution < -0.4 is 10.6 Å². The summed E-state index contributed by atoms with van der Waals surface area (Å²) < 4.78 is 119. The minimum atomic E-state index is -5.01. The Labute approximate surface area is 230 Å². The van der Waals surface area contributed by atoms with Gasteiger partial charge in [0.15, 0.2) is 0 Å². The number of nitrogens with one attached hydrogen (secondary N) is 2. The van der Waals surface area contributed by atoms with Crippen molar-refractivity contribution in [2.24, 2.45) is 11.8 Å². The van der Waals surface area contributed by atoms with Crippen molar-refractivity contribution < 1.29 is 49.4 Å². The predicted molar refractivity (Wildman–Crippen MR) is 131 cm³/mol. The van der Waals surface area contributed by atoms with Crippen LogP contribution in [0.1, 0.15) is 65.6 Å². The molecule has 5 nitrogen and oxygen atoms in total. The lowest BCUT2D eigenvalue weighted by molar-refractivity contribution is -0.143. The zero-order chi connectivity index (χ0) is 30.4. The third kappa shape index (κ3) is 10.2. The van der Waals surface area contributed by atoms with Crippen molar-refractivity contribution >= 4 is 5.97 Å². The van der Waals surface area contributed by atoms with E-state index in [-0.39, 0.29) is 42.5 Å². The first-order valence-corrected chi connectivity index (χ1v) is 13.0. The second-order valence-electron chi connectivity index (χ2n) is 10.3. The van der Waals surface area contributed by atoms with E-state index in [9.17, 15) is 44.3 Å². The maximum Gasteiger partial charge on any atom is 0.417 e. The average Bonchev–Trinajstić information content (AvgIpc) is 2.86. The molecule has 14 heteroatoms. The van der Waals surface area contributed by atoms with Crippen LogP contribution in [0.4, 0.5) is 39.5 Å². The first-order valence-electron chi connectivity index (χ1n) is 13.0. The summed E-state index contributed by atoms with van der Waals surface area (Å²) in [6.07, 6.45) is -10.3. The van der Waals surface area contributed by atoms with Crippen LogP contribution in [0.5, 0.6) is 0 Å². The van der Waals surface area contributed by atoms with Gasteiger partial charge in [0.05, 0.1) is 16.7 Å². The first-order chi connectivity index (χ1) is 19.0. The molecular formula is C27H30F9N3O2. The summed E-state index contributed by atoms with van der Waals surface area (Å²) >= 11 is 0. The molecule has 0 unspecified atom stereocenters. The number of rotatable bonds is 11. The third-order valence-electron chi connectivity index (χ3n) is 7.08. The number of hydrogen-bond donors (Lipinski definition) is 3. The summed E-state index contributed by atoms with van der Waals surface area (Å²) in [7, 11) is 0. The number of aliphatic carboxylic acids is 1. The van der Waals surface area contributed by atoms with Gasteiger partial charge in [-0.05, 0) is 79.5 Å². The van der Waals surface area contributed by atoms with Gasteiger partial charge in [-0.1, -0.05) is 0 Å². The normalized spacial score (nSPS) is 18.5. The van der Waals surface area contributed by atoms with Crippen LogP contribution in [0, 0.1) is 11.8 Å². The Bertz CT molecular complexity index is 1140. The number of nitrogens with zero attached hydrogens (tertiary/aromatic N) is 1. The number of carbonyl (C=O) groups is 1. The fourth-order valence-corrected chi connectivity index (χ4v) is 4.93. The lowest BCUT2D eigenvalue weighted by Gasteiger charge is -2.27. The van der Waals surface area contributed by atoms with Gasteiger partial charge in [0.25, 0.3) is 0 Å². The minimum Gasteiger partial charge on any atom is -0.481 e. The molecule has 1 aromatic carbocycles. The van der Waals surface area contributed by atoms with E-state index in [1.165, 1.54) is 0 Å². The molecule has 1 aliphatic rings. The van der Waals surface area contributed by atoms with E-state index >= 15 is 0 Å². The second-order valence-corrected chi connectivity index (χ2v) is 10.3. The molecule has 1 aliphatic carbocycles. The smallest absolute Gasteiger partial charge is 0.417 e. The number of alkyl halides is 9. The van der Waals surface area contributed by atoms with Crippen molar-refractivity contribution in [1.82, 2.24) is 15.6 Å². The summed E-state index contributed by atoms with van der Waals surface area (Å²) in [5.74, 6) is -0.316. The largest absolute Gasteiger partial charge is 0.481 e. The molecule has 3 rings (SSSR count). The average molecular weight is 600 g/mol. The lowest BCUT2D eigenvalue weighted by Crippen LogP contribution is -2.29. The summed E-state index contributed by atoms with van der Waals surface area (Å²) in [5.41, 5.74) is -3.88. The number of aromatic nitrogens is 1. The Morgan fingerprint density at radius 3 is 1.88 bits per heavy atom. The number of pyridine rings is 1. The molecule has 0 atom stereocenters. The summed E-state index contributed by atoms with van der Waals surface area (Å²) in [6, 6.07) is 2.00. The minimum absolute atomic E-state index is 0.00698.